The summed E-state index contributed by atoms with van der Waals surface area (Å²) in [6, 6.07) is 5.84. The highest BCUT2D eigenvalue weighted by Gasteiger charge is 2.20. The van der Waals surface area contributed by atoms with Gasteiger partial charge in [0.05, 0.1) is 13.7 Å². The fourth-order valence-electron chi connectivity index (χ4n) is 2.90. The van der Waals surface area contributed by atoms with Crippen molar-refractivity contribution in [2.45, 2.75) is 38.0 Å². The average Bonchev–Trinajstić information content (AvgIpc) is 2.47. The third kappa shape index (κ3) is 3.35. The summed E-state index contributed by atoms with van der Waals surface area (Å²) in [5, 5.41) is 2.91. The standard InChI is InChI=1S/C16H23NO2/c1-17-11-15(18)13-8-9-16(19-2)14(10-13)12-6-4-3-5-7-12/h8-10,12,17H,3-7,11H2,1-2H3. The van der Waals surface area contributed by atoms with E-state index < -0.39 is 0 Å². The summed E-state index contributed by atoms with van der Waals surface area (Å²) in [6.45, 7) is 0.385. The third-order valence-electron chi connectivity index (χ3n) is 3.93. The number of likely N-dealkylation sites (N-methyl/N-ethyl adjacent to an activating group) is 1. The molecule has 19 heavy (non-hydrogen) atoms. The van der Waals surface area contributed by atoms with E-state index in [9.17, 15) is 4.79 Å². The van der Waals surface area contributed by atoms with Crippen molar-refractivity contribution in [3.05, 3.63) is 29.3 Å². The maximum Gasteiger partial charge on any atom is 0.176 e. The molecule has 0 aromatic heterocycles. The van der Waals surface area contributed by atoms with Crippen LogP contribution in [0.2, 0.25) is 0 Å². The van der Waals surface area contributed by atoms with Gasteiger partial charge in [-0.2, -0.15) is 0 Å². The zero-order valence-electron chi connectivity index (χ0n) is 11.9. The molecule has 1 fully saturated rings. The lowest BCUT2D eigenvalue weighted by molar-refractivity contribution is 0.0993. The Bertz CT molecular complexity index is 436. The summed E-state index contributed by atoms with van der Waals surface area (Å²) in [4.78, 5) is 12.0. The SMILES string of the molecule is CNCC(=O)c1ccc(OC)c(C2CCCCC2)c1. The lowest BCUT2D eigenvalue weighted by Gasteiger charge is -2.24. The molecule has 1 N–H and O–H groups in total. The first-order valence-corrected chi connectivity index (χ1v) is 7.12. The van der Waals surface area contributed by atoms with Crippen LogP contribution in [0.5, 0.6) is 5.75 Å². The summed E-state index contributed by atoms with van der Waals surface area (Å²) >= 11 is 0. The highest BCUT2D eigenvalue weighted by molar-refractivity contribution is 5.98. The van der Waals surface area contributed by atoms with Crippen LogP contribution in [-0.4, -0.2) is 26.5 Å². The molecule has 3 nitrogen and oxygen atoms in total. The Morgan fingerprint density at radius 2 is 2.05 bits per heavy atom. The van der Waals surface area contributed by atoms with Crippen molar-refractivity contribution in [1.82, 2.24) is 5.32 Å². The highest BCUT2D eigenvalue weighted by atomic mass is 16.5. The first-order valence-electron chi connectivity index (χ1n) is 7.12. The van der Waals surface area contributed by atoms with Crippen molar-refractivity contribution in [1.29, 1.82) is 0 Å². The predicted molar refractivity (Wildman–Crippen MR) is 77.1 cm³/mol. The van der Waals surface area contributed by atoms with E-state index in [4.69, 9.17) is 4.74 Å². The molecule has 0 saturated heterocycles. The number of hydrogen-bond acceptors (Lipinski definition) is 3. The Balaban J connectivity index is 2.27. The Kier molecular flexibility index (Phi) is 4.97. The summed E-state index contributed by atoms with van der Waals surface area (Å²) in [5.74, 6) is 1.61. The Morgan fingerprint density at radius 1 is 1.32 bits per heavy atom. The average molecular weight is 261 g/mol. The van der Waals surface area contributed by atoms with Crippen LogP contribution < -0.4 is 10.1 Å². The predicted octanol–water partition coefficient (Wildman–Crippen LogP) is 3.15. The quantitative estimate of drug-likeness (QED) is 0.827. The zero-order valence-corrected chi connectivity index (χ0v) is 11.9. The van der Waals surface area contributed by atoms with Crippen molar-refractivity contribution >= 4 is 5.78 Å². The number of benzene rings is 1. The van der Waals surface area contributed by atoms with Crippen LogP contribution in [0.15, 0.2) is 18.2 Å². The summed E-state index contributed by atoms with van der Waals surface area (Å²) in [6.07, 6.45) is 6.31. The molecule has 0 amide bonds. The first-order chi connectivity index (χ1) is 9.26. The summed E-state index contributed by atoms with van der Waals surface area (Å²) in [7, 11) is 3.50. The fourth-order valence-corrected chi connectivity index (χ4v) is 2.90. The Morgan fingerprint density at radius 3 is 2.68 bits per heavy atom. The number of ketones is 1. The monoisotopic (exact) mass is 261 g/mol. The molecular formula is C16H23NO2. The van der Waals surface area contributed by atoms with Gasteiger partial charge in [-0.3, -0.25) is 4.79 Å². The van der Waals surface area contributed by atoms with Crippen LogP contribution in [-0.2, 0) is 0 Å². The van der Waals surface area contributed by atoms with E-state index in [0.29, 0.717) is 12.5 Å². The molecule has 1 aliphatic carbocycles. The number of carbonyl (C=O) groups excluding carboxylic acids is 1. The van der Waals surface area contributed by atoms with Crippen molar-refractivity contribution < 1.29 is 9.53 Å². The first kappa shape index (κ1) is 14.1. The van der Waals surface area contributed by atoms with Crippen LogP contribution in [0, 0.1) is 0 Å². The van der Waals surface area contributed by atoms with Gasteiger partial charge in [-0.05, 0) is 49.6 Å². The lowest BCUT2D eigenvalue weighted by Crippen LogP contribution is -2.19. The molecule has 1 saturated carbocycles. The molecule has 104 valence electrons. The molecule has 3 heteroatoms. The van der Waals surface area contributed by atoms with E-state index >= 15 is 0 Å². The molecule has 0 aliphatic heterocycles. The minimum atomic E-state index is 0.141. The number of hydrogen-bond donors (Lipinski definition) is 1. The smallest absolute Gasteiger partial charge is 0.176 e. The largest absolute Gasteiger partial charge is 0.496 e. The number of nitrogens with one attached hydrogen (secondary N) is 1. The molecule has 1 aromatic rings. The van der Waals surface area contributed by atoms with Gasteiger partial charge in [0.1, 0.15) is 5.75 Å². The van der Waals surface area contributed by atoms with Gasteiger partial charge >= 0.3 is 0 Å². The van der Waals surface area contributed by atoms with Crippen molar-refractivity contribution in [2.75, 3.05) is 20.7 Å². The minimum Gasteiger partial charge on any atom is -0.496 e. The van der Waals surface area contributed by atoms with Crippen LogP contribution in [0.4, 0.5) is 0 Å². The minimum absolute atomic E-state index is 0.141. The number of rotatable bonds is 5. The number of methoxy groups -OCH3 is 1. The highest BCUT2D eigenvalue weighted by Crippen LogP contribution is 2.37. The lowest BCUT2D eigenvalue weighted by atomic mass is 9.83. The Hall–Kier alpha value is -1.35. The molecule has 0 unspecified atom stereocenters. The maximum atomic E-state index is 12.0. The normalized spacial score (nSPS) is 16.3. The van der Waals surface area contributed by atoms with E-state index in [1.165, 1.54) is 37.7 Å². The van der Waals surface area contributed by atoms with Crippen LogP contribution in [0.25, 0.3) is 0 Å². The molecule has 1 aliphatic rings. The fraction of sp³-hybridized carbons (Fsp3) is 0.562. The van der Waals surface area contributed by atoms with E-state index in [0.717, 1.165) is 11.3 Å². The van der Waals surface area contributed by atoms with Crippen molar-refractivity contribution in [3.63, 3.8) is 0 Å². The molecular weight excluding hydrogens is 238 g/mol. The van der Waals surface area contributed by atoms with Gasteiger partial charge in [-0.1, -0.05) is 19.3 Å². The zero-order chi connectivity index (χ0) is 13.7. The van der Waals surface area contributed by atoms with E-state index in [-0.39, 0.29) is 5.78 Å². The summed E-state index contributed by atoms with van der Waals surface area (Å²) in [5.41, 5.74) is 2.00. The Labute approximate surface area is 115 Å². The van der Waals surface area contributed by atoms with Gasteiger partial charge in [0.25, 0.3) is 0 Å². The van der Waals surface area contributed by atoms with Gasteiger partial charge in [0.15, 0.2) is 5.78 Å². The number of Topliss-reactive ketones (excluding diaryl/α,β-unsaturated/α-hetero) is 1. The van der Waals surface area contributed by atoms with E-state index in [1.807, 2.05) is 18.2 Å². The van der Waals surface area contributed by atoms with E-state index in [2.05, 4.69) is 5.32 Å². The van der Waals surface area contributed by atoms with Gasteiger partial charge < -0.3 is 10.1 Å². The second kappa shape index (κ2) is 6.71. The number of carbonyl (C=O) groups is 1. The molecule has 0 bridgehead atoms. The topological polar surface area (TPSA) is 38.3 Å². The summed E-state index contributed by atoms with van der Waals surface area (Å²) < 4.78 is 5.47. The van der Waals surface area contributed by atoms with Gasteiger partial charge in [0.2, 0.25) is 0 Å². The van der Waals surface area contributed by atoms with Crippen LogP contribution in [0.3, 0.4) is 0 Å². The molecule has 0 spiro atoms. The van der Waals surface area contributed by atoms with Gasteiger partial charge in [-0.15, -0.1) is 0 Å². The molecule has 0 heterocycles. The second-order valence-electron chi connectivity index (χ2n) is 5.25. The third-order valence-corrected chi connectivity index (χ3v) is 3.93. The van der Waals surface area contributed by atoms with Crippen LogP contribution in [0.1, 0.15) is 53.9 Å². The van der Waals surface area contributed by atoms with Crippen molar-refractivity contribution in [2.24, 2.45) is 0 Å². The van der Waals surface area contributed by atoms with Gasteiger partial charge in [-0.25, -0.2) is 0 Å². The van der Waals surface area contributed by atoms with Crippen molar-refractivity contribution in [3.8, 4) is 5.75 Å². The van der Waals surface area contributed by atoms with E-state index in [1.54, 1.807) is 14.2 Å². The molecule has 0 atom stereocenters. The molecule has 1 aromatic carbocycles. The number of ether oxygens (including phenoxy) is 1. The van der Waals surface area contributed by atoms with Gasteiger partial charge in [0, 0.05) is 5.56 Å². The maximum absolute atomic E-state index is 12.0. The molecule has 0 radical (unpaired) electrons. The van der Waals surface area contributed by atoms with Crippen LogP contribution >= 0.6 is 0 Å². The molecule has 2 rings (SSSR count). The second-order valence-corrected chi connectivity index (χ2v) is 5.25.